The summed E-state index contributed by atoms with van der Waals surface area (Å²) in [5.41, 5.74) is 1.77. The average molecular weight is 305 g/mol. The molecule has 2 aliphatic heterocycles. The fourth-order valence-electron chi connectivity index (χ4n) is 4.36. The van der Waals surface area contributed by atoms with Gasteiger partial charge in [0.15, 0.2) is 5.79 Å². The molecule has 0 amide bonds. The summed E-state index contributed by atoms with van der Waals surface area (Å²) < 4.78 is 23.5. The van der Waals surface area contributed by atoms with E-state index in [-0.39, 0.29) is 11.0 Å². The number of rotatable bonds is 1. The quantitative estimate of drug-likeness (QED) is 0.798. The second-order valence-electron chi connectivity index (χ2n) is 7.18. The Morgan fingerprint density at radius 3 is 2.59 bits per heavy atom. The maximum Gasteiger partial charge on any atom is 0.173 e. The lowest BCUT2D eigenvalue weighted by Crippen LogP contribution is -2.54. The van der Waals surface area contributed by atoms with E-state index in [1.807, 2.05) is 6.07 Å². The predicted molar refractivity (Wildman–Crippen MR) is 79.5 cm³/mol. The van der Waals surface area contributed by atoms with Crippen LogP contribution in [0.15, 0.2) is 12.3 Å². The summed E-state index contributed by atoms with van der Waals surface area (Å²) in [4.78, 5) is 4.66. The Kier molecular flexibility index (Phi) is 3.06. The smallest absolute Gasteiger partial charge is 0.173 e. The highest BCUT2D eigenvalue weighted by Gasteiger charge is 2.60. The van der Waals surface area contributed by atoms with E-state index in [0.29, 0.717) is 19.8 Å². The van der Waals surface area contributed by atoms with Gasteiger partial charge in [0.1, 0.15) is 11.4 Å². The number of fused-ring (bicyclic) bond motifs is 2. The summed E-state index contributed by atoms with van der Waals surface area (Å²) in [5.74, 6) is 0.324. The van der Waals surface area contributed by atoms with Gasteiger partial charge in [-0.3, -0.25) is 4.98 Å². The van der Waals surface area contributed by atoms with Gasteiger partial charge >= 0.3 is 0 Å². The first-order valence-electron chi connectivity index (χ1n) is 7.96. The van der Waals surface area contributed by atoms with Crippen molar-refractivity contribution >= 4 is 0 Å². The first-order chi connectivity index (χ1) is 10.5. The van der Waals surface area contributed by atoms with Crippen LogP contribution >= 0.6 is 0 Å². The molecule has 5 nitrogen and oxygen atoms in total. The van der Waals surface area contributed by atoms with E-state index < -0.39 is 5.79 Å². The third-order valence-electron chi connectivity index (χ3n) is 5.48. The fraction of sp³-hybridized carbons (Fsp3) is 0.706. The van der Waals surface area contributed by atoms with Crippen molar-refractivity contribution in [1.82, 2.24) is 4.98 Å². The first-order valence-corrected chi connectivity index (χ1v) is 7.96. The molecule has 4 rings (SSSR count). The van der Waals surface area contributed by atoms with Crippen LogP contribution in [0.5, 0.6) is 5.75 Å². The van der Waals surface area contributed by atoms with Crippen molar-refractivity contribution in [1.29, 1.82) is 0 Å². The van der Waals surface area contributed by atoms with Crippen molar-refractivity contribution in [2.75, 3.05) is 20.3 Å². The van der Waals surface area contributed by atoms with Gasteiger partial charge in [0.05, 0.1) is 38.8 Å². The van der Waals surface area contributed by atoms with Gasteiger partial charge in [-0.1, -0.05) is 13.8 Å². The molecule has 0 radical (unpaired) electrons. The molecule has 2 spiro atoms. The van der Waals surface area contributed by atoms with E-state index in [9.17, 15) is 0 Å². The van der Waals surface area contributed by atoms with Gasteiger partial charge in [-0.05, 0) is 18.9 Å². The second kappa shape index (κ2) is 4.66. The van der Waals surface area contributed by atoms with Crippen LogP contribution in [-0.2, 0) is 26.4 Å². The van der Waals surface area contributed by atoms with Gasteiger partial charge in [0, 0.05) is 17.4 Å². The van der Waals surface area contributed by atoms with Crippen LogP contribution < -0.4 is 4.74 Å². The number of ether oxygens (including phenoxy) is 4. The predicted octanol–water partition coefficient (Wildman–Crippen LogP) is 2.77. The van der Waals surface area contributed by atoms with Crippen LogP contribution in [0.4, 0.5) is 0 Å². The Bertz CT molecular complexity index is 594. The molecule has 1 aromatic rings. The molecule has 0 N–H and O–H groups in total. The van der Waals surface area contributed by atoms with Crippen molar-refractivity contribution in [3.05, 3.63) is 23.5 Å². The number of hydrogen-bond acceptors (Lipinski definition) is 5. The van der Waals surface area contributed by atoms with E-state index >= 15 is 0 Å². The van der Waals surface area contributed by atoms with E-state index in [0.717, 1.165) is 36.3 Å². The molecule has 120 valence electrons. The highest BCUT2D eigenvalue weighted by atomic mass is 16.7. The lowest BCUT2D eigenvalue weighted by atomic mass is 9.64. The zero-order chi connectivity index (χ0) is 15.4. The Labute approximate surface area is 130 Å². The zero-order valence-corrected chi connectivity index (χ0v) is 13.5. The summed E-state index contributed by atoms with van der Waals surface area (Å²) in [7, 11) is 1.66. The molecule has 3 aliphatic rings. The van der Waals surface area contributed by atoms with E-state index in [4.69, 9.17) is 18.9 Å². The van der Waals surface area contributed by atoms with Gasteiger partial charge in [-0.15, -0.1) is 0 Å². The Morgan fingerprint density at radius 1 is 1.14 bits per heavy atom. The summed E-state index contributed by atoms with van der Waals surface area (Å²) in [6.07, 6.45) is 4.36. The molecule has 0 bridgehead atoms. The lowest BCUT2D eigenvalue weighted by molar-refractivity contribution is -0.277. The SMILES string of the molecule is COc1cnc2c(c1)COC21CCC2(OCCO2)C(C)(C)C1. The maximum atomic E-state index is 6.26. The molecule has 1 unspecified atom stereocenters. The van der Waals surface area contributed by atoms with Crippen LogP contribution in [0.2, 0.25) is 0 Å². The van der Waals surface area contributed by atoms with Crippen LogP contribution in [0.3, 0.4) is 0 Å². The van der Waals surface area contributed by atoms with Crippen LogP contribution in [-0.4, -0.2) is 31.1 Å². The molecule has 5 heteroatoms. The zero-order valence-electron chi connectivity index (χ0n) is 13.5. The largest absolute Gasteiger partial charge is 0.495 e. The van der Waals surface area contributed by atoms with Crippen molar-refractivity contribution in [2.24, 2.45) is 5.41 Å². The molecular weight excluding hydrogens is 282 g/mol. The summed E-state index contributed by atoms with van der Waals surface area (Å²) >= 11 is 0. The molecular formula is C17H23NO4. The average Bonchev–Trinajstić information content (AvgIpc) is 3.10. The van der Waals surface area contributed by atoms with Crippen molar-refractivity contribution < 1.29 is 18.9 Å². The number of pyridine rings is 1. The van der Waals surface area contributed by atoms with Crippen LogP contribution in [0.25, 0.3) is 0 Å². The number of nitrogens with zero attached hydrogens (tertiary/aromatic N) is 1. The number of hydrogen-bond donors (Lipinski definition) is 0. The van der Waals surface area contributed by atoms with Gasteiger partial charge < -0.3 is 18.9 Å². The number of aromatic nitrogens is 1. The Morgan fingerprint density at radius 2 is 1.91 bits per heavy atom. The number of methoxy groups -OCH3 is 1. The highest BCUT2D eigenvalue weighted by molar-refractivity contribution is 5.36. The molecule has 3 heterocycles. The van der Waals surface area contributed by atoms with Gasteiger partial charge in [-0.2, -0.15) is 0 Å². The van der Waals surface area contributed by atoms with Crippen molar-refractivity contribution in [3.8, 4) is 5.75 Å². The summed E-state index contributed by atoms with van der Waals surface area (Å²) in [6.45, 7) is 6.39. The molecule has 1 aliphatic carbocycles. The van der Waals surface area contributed by atoms with Gasteiger partial charge in [0.2, 0.25) is 0 Å². The Hall–Kier alpha value is -1.17. The monoisotopic (exact) mass is 305 g/mol. The highest BCUT2D eigenvalue weighted by Crippen LogP contribution is 2.58. The molecule has 2 fully saturated rings. The minimum atomic E-state index is -0.461. The topological polar surface area (TPSA) is 49.8 Å². The second-order valence-corrected chi connectivity index (χ2v) is 7.18. The molecule has 1 saturated carbocycles. The lowest BCUT2D eigenvalue weighted by Gasteiger charge is -2.51. The fourth-order valence-corrected chi connectivity index (χ4v) is 4.36. The molecule has 0 aromatic carbocycles. The van der Waals surface area contributed by atoms with Crippen LogP contribution in [0.1, 0.15) is 44.4 Å². The first kappa shape index (κ1) is 14.4. The van der Waals surface area contributed by atoms with Crippen molar-refractivity contribution in [3.63, 3.8) is 0 Å². The van der Waals surface area contributed by atoms with E-state index in [1.54, 1.807) is 13.3 Å². The van der Waals surface area contributed by atoms with E-state index in [1.165, 1.54) is 0 Å². The molecule has 1 atom stereocenters. The Balaban J connectivity index is 1.68. The molecule has 1 saturated heterocycles. The third-order valence-corrected chi connectivity index (χ3v) is 5.48. The minimum absolute atomic E-state index is 0.120. The van der Waals surface area contributed by atoms with Gasteiger partial charge in [-0.25, -0.2) is 0 Å². The van der Waals surface area contributed by atoms with Crippen LogP contribution in [0, 0.1) is 5.41 Å². The van der Waals surface area contributed by atoms with E-state index in [2.05, 4.69) is 18.8 Å². The van der Waals surface area contributed by atoms with Gasteiger partial charge in [0.25, 0.3) is 0 Å². The third kappa shape index (κ3) is 1.85. The summed E-state index contributed by atoms with van der Waals surface area (Å²) in [5, 5.41) is 0. The maximum absolute atomic E-state index is 6.26. The normalized spacial score (nSPS) is 31.6. The standard InChI is InChI=1S/C17H23NO4/c1-15(2)11-16(4-5-17(15)20-6-7-21-17)14-12(10-22-16)8-13(19-3)9-18-14/h8-9H,4-7,10-11H2,1-3H3. The summed E-state index contributed by atoms with van der Waals surface area (Å²) in [6, 6.07) is 2.04. The minimum Gasteiger partial charge on any atom is -0.495 e. The molecule has 1 aromatic heterocycles. The van der Waals surface area contributed by atoms with Crippen molar-refractivity contribution in [2.45, 2.75) is 51.1 Å². The molecule has 22 heavy (non-hydrogen) atoms.